The van der Waals surface area contributed by atoms with Gasteiger partial charge in [-0.1, -0.05) is 13.8 Å². The van der Waals surface area contributed by atoms with Gasteiger partial charge in [-0.05, 0) is 5.92 Å². The van der Waals surface area contributed by atoms with Crippen molar-refractivity contribution in [2.24, 2.45) is 5.92 Å². The van der Waals surface area contributed by atoms with E-state index in [0.29, 0.717) is 19.7 Å². The van der Waals surface area contributed by atoms with E-state index < -0.39 is 5.97 Å². The van der Waals surface area contributed by atoms with Crippen LogP contribution in [0.4, 0.5) is 4.79 Å². The number of aromatic carboxylic acids is 1. The third-order valence-electron chi connectivity index (χ3n) is 2.98. The number of amides is 2. The number of nitrogens with zero attached hydrogens (tertiary/aromatic N) is 2. The molecule has 0 aromatic carbocycles. The summed E-state index contributed by atoms with van der Waals surface area (Å²) in [6.45, 7) is 5.28. The predicted molar refractivity (Wildman–Crippen MR) is 76.2 cm³/mol. The Kier molecular flexibility index (Phi) is 6.67. The molecule has 1 aromatic heterocycles. The van der Waals surface area contributed by atoms with E-state index in [4.69, 9.17) is 9.84 Å². The second kappa shape index (κ2) is 8.25. The van der Waals surface area contributed by atoms with E-state index in [1.54, 1.807) is 11.7 Å². The molecular weight excluding hydrogens is 276 g/mol. The molecule has 1 aromatic rings. The molecule has 2 amide bonds. The van der Waals surface area contributed by atoms with Gasteiger partial charge < -0.3 is 25.0 Å². The van der Waals surface area contributed by atoms with Crippen molar-refractivity contribution in [3.63, 3.8) is 0 Å². The van der Waals surface area contributed by atoms with Crippen LogP contribution in [0.5, 0.6) is 0 Å². The number of imidazole rings is 1. The fourth-order valence-corrected chi connectivity index (χ4v) is 1.69. The number of urea groups is 1. The van der Waals surface area contributed by atoms with Gasteiger partial charge in [0.25, 0.3) is 0 Å². The molecule has 21 heavy (non-hydrogen) atoms. The Hall–Kier alpha value is -2.09. The molecule has 8 heteroatoms. The highest BCUT2D eigenvalue weighted by molar-refractivity contribution is 5.84. The maximum Gasteiger partial charge on any atom is 0.356 e. The van der Waals surface area contributed by atoms with E-state index in [1.807, 2.05) is 13.8 Å². The zero-order valence-electron chi connectivity index (χ0n) is 12.5. The van der Waals surface area contributed by atoms with Gasteiger partial charge in [0.15, 0.2) is 5.69 Å². The molecule has 0 spiro atoms. The minimum Gasteiger partial charge on any atom is -0.476 e. The summed E-state index contributed by atoms with van der Waals surface area (Å²) in [6.07, 6.45) is 2.84. The Morgan fingerprint density at radius 1 is 1.48 bits per heavy atom. The van der Waals surface area contributed by atoms with Crippen LogP contribution in [0.1, 0.15) is 24.3 Å². The zero-order valence-corrected chi connectivity index (χ0v) is 12.5. The van der Waals surface area contributed by atoms with Crippen molar-refractivity contribution in [1.29, 1.82) is 0 Å². The quantitative estimate of drug-likeness (QED) is 0.650. The number of carbonyl (C=O) groups excluding carboxylic acids is 1. The van der Waals surface area contributed by atoms with Gasteiger partial charge in [-0.2, -0.15) is 0 Å². The molecule has 0 aliphatic rings. The van der Waals surface area contributed by atoms with Crippen molar-refractivity contribution < 1.29 is 19.4 Å². The molecule has 0 bridgehead atoms. The van der Waals surface area contributed by atoms with Gasteiger partial charge in [0, 0.05) is 26.4 Å². The molecule has 0 saturated heterocycles. The number of ether oxygens (including phenoxy) is 1. The van der Waals surface area contributed by atoms with Crippen molar-refractivity contribution in [1.82, 2.24) is 20.2 Å². The summed E-state index contributed by atoms with van der Waals surface area (Å²) in [5, 5.41) is 14.3. The summed E-state index contributed by atoms with van der Waals surface area (Å²) >= 11 is 0. The normalized spacial score (nSPS) is 12.2. The third-order valence-corrected chi connectivity index (χ3v) is 2.98. The highest BCUT2D eigenvalue weighted by Crippen LogP contribution is 2.01. The number of hydrogen-bond acceptors (Lipinski definition) is 4. The molecule has 118 valence electrons. The van der Waals surface area contributed by atoms with Crippen molar-refractivity contribution in [3.05, 3.63) is 18.2 Å². The molecular formula is C13H22N4O4. The number of rotatable bonds is 8. The van der Waals surface area contributed by atoms with Crippen LogP contribution < -0.4 is 10.6 Å². The monoisotopic (exact) mass is 298 g/mol. The second-order valence-corrected chi connectivity index (χ2v) is 5.01. The summed E-state index contributed by atoms with van der Waals surface area (Å²) in [5.41, 5.74) is -0.0144. The molecule has 1 unspecified atom stereocenters. The van der Waals surface area contributed by atoms with Gasteiger partial charge >= 0.3 is 12.0 Å². The van der Waals surface area contributed by atoms with Gasteiger partial charge in [0.2, 0.25) is 0 Å². The van der Waals surface area contributed by atoms with Crippen LogP contribution in [-0.2, 0) is 11.3 Å². The summed E-state index contributed by atoms with van der Waals surface area (Å²) in [5.74, 6) is -0.804. The number of hydrogen-bond donors (Lipinski definition) is 3. The van der Waals surface area contributed by atoms with Crippen molar-refractivity contribution in [3.8, 4) is 0 Å². The van der Waals surface area contributed by atoms with Crippen LogP contribution in [0.25, 0.3) is 0 Å². The lowest BCUT2D eigenvalue weighted by Gasteiger charge is -2.21. The number of carbonyl (C=O) groups is 2. The van der Waals surface area contributed by atoms with Crippen LogP contribution in [0.3, 0.4) is 0 Å². The van der Waals surface area contributed by atoms with Crippen LogP contribution in [0.15, 0.2) is 12.5 Å². The van der Waals surface area contributed by atoms with Crippen LogP contribution >= 0.6 is 0 Å². The Labute approximate surface area is 123 Å². The van der Waals surface area contributed by atoms with Gasteiger partial charge in [-0.3, -0.25) is 0 Å². The highest BCUT2D eigenvalue weighted by atomic mass is 16.5. The third kappa shape index (κ3) is 5.82. The highest BCUT2D eigenvalue weighted by Gasteiger charge is 2.15. The Morgan fingerprint density at radius 3 is 2.71 bits per heavy atom. The number of carboxylic acid groups (broad SMARTS) is 1. The number of aromatic nitrogens is 2. The van der Waals surface area contributed by atoms with Gasteiger partial charge in [0.05, 0.1) is 19.0 Å². The zero-order chi connectivity index (χ0) is 15.8. The van der Waals surface area contributed by atoms with Crippen LogP contribution in [-0.4, -0.2) is 53.0 Å². The molecule has 0 aliphatic heterocycles. The van der Waals surface area contributed by atoms with E-state index in [-0.39, 0.29) is 23.7 Å². The summed E-state index contributed by atoms with van der Waals surface area (Å²) in [4.78, 5) is 26.1. The van der Waals surface area contributed by atoms with Gasteiger partial charge in [-0.25, -0.2) is 14.6 Å². The SMILES string of the molecule is COCC(NC(=O)NCCn1cnc(C(=O)O)c1)C(C)C. The maximum atomic E-state index is 11.7. The fourth-order valence-electron chi connectivity index (χ4n) is 1.69. The second-order valence-electron chi connectivity index (χ2n) is 5.01. The summed E-state index contributed by atoms with van der Waals surface area (Å²) in [6, 6.07) is -0.328. The van der Waals surface area contributed by atoms with Gasteiger partial charge in [-0.15, -0.1) is 0 Å². The molecule has 0 aliphatic carbocycles. The first kappa shape index (κ1) is 17.0. The molecule has 0 saturated carbocycles. The summed E-state index contributed by atoms with van der Waals surface area (Å²) < 4.78 is 6.66. The van der Waals surface area contributed by atoms with Crippen LogP contribution in [0.2, 0.25) is 0 Å². The first-order valence-electron chi connectivity index (χ1n) is 6.72. The fraction of sp³-hybridized carbons (Fsp3) is 0.615. The molecule has 0 radical (unpaired) electrons. The number of methoxy groups -OCH3 is 1. The standard InChI is InChI=1S/C13H22N4O4/c1-9(2)11(7-21-3)16-13(20)14-4-5-17-6-10(12(18)19)15-8-17/h6,8-9,11H,4-5,7H2,1-3H3,(H,18,19)(H2,14,16,20). The van der Waals surface area contributed by atoms with Crippen molar-refractivity contribution in [2.45, 2.75) is 26.4 Å². The molecule has 3 N–H and O–H groups in total. The number of carboxylic acids is 1. The van der Waals surface area contributed by atoms with Crippen molar-refractivity contribution >= 4 is 12.0 Å². The Morgan fingerprint density at radius 2 is 2.19 bits per heavy atom. The van der Waals surface area contributed by atoms with E-state index >= 15 is 0 Å². The van der Waals surface area contributed by atoms with Crippen LogP contribution in [0, 0.1) is 5.92 Å². The van der Waals surface area contributed by atoms with Crippen molar-refractivity contribution in [2.75, 3.05) is 20.3 Å². The van der Waals surface area contributed by atoms with E-state index in [1.165, 1.54) is 12.5 Å². The largest absolute Gasteiger partial charge is 0.476 e. The molecule has 1 heterocycles. The smallest absolute Gasteiger partial charge is 0.356 e. The Bertz CT molecular complexity index is 472. The molecule has 1 atom stereocenters. The van der Waals surface area contributed by atoms with Gasteiger partial charge in [0.1, 0.15) is 0 Å². The lowest BCUT2D eigenvalue weighted by Crippen LogP contribution is -2.47. The van der Waals surface area contributed by atoms with E-state index in [9.17, 15) is 9.59 Å². The number of nitrogens with one attached hydrogen (secondary N) is 2. The maximum absolute atomic E-state index is 11.7. The lowest BCUT2D eigenvalue weighted by atomic mass is 10.1. The first-order valence-corrected chi connectivity index (χ1v) is 6.72. The predicted octanol–water partition coefficient (Wildman–Crippen LogP) is 0.552. The molecule has 1 rings (SSSR count). The van der Waals surface area contributed by atoms with E-state index in [2.05, 4.69) is 15.6 Å². The lowest BCUT2D eigenvalue weighted by molar-refractivity contribution is 0.0691. The summed E-state index contributed by atoms with van der Waals surface area (Å²) in [7, 11) is 1.59. The van der Waals surface area contributed by atoms with E-state index in [0.717, 1.165) is 0 Å². The average molecular weight is 298 g/mol. The molecule has 0 fully saturated rings. The minimum atomic E-state index is -1.07. The topological polar surface area (TPSA) is 105 Å². The minimum absolute atomic E-state index is 0.0144. The Balaban J connectivity index is 2.33. The average Bonchev–Trinajstić information content (AvgIpc) is 2.87. The molecule has 8 nitrogen and oxygen atoms in total. The first-order chi connectivity index (χ1) is 9.93.